The van der Waals surface area contributed by atoms with E-state index >= 15 is 0 Å². The van der Waals surface area contributed by atoms with Crippen LogP contribution in [0.25, 0.3) is 0 Å². The molecule has 13 heavy (non-hydrogen) atoms. The van der Waals surface area contributed by atoms with E-state index in [-0.39, 0.29) is 0 Å². The Morgan fingerprint density at radius 2 is 1.85 bits per heavy atom. The normalized spacial score (nSPS) is 13.8. The number of hydrogen-bond acceptors (Lipinski definition) is 0. The molecule has 0 spiro atoms. The SMILES string of the molecule is [CH2]CCCC=CC(CC)CCC[CH2]. The van der Waals surface area contributed by atoms with Gasteiger partial charge in [-0.2, -0.15) is 0 Å². The Balaban J connectivity index is 3.50. The fraction of sp³-hybridized carbons (Fsp3) is 0.692. The van der Waals surface area contributed by atoms with E-state index in [1.807, 2.05) is 0 Å². The number of rotatable bonds is 8. The molecule has 0 rings (SSSR count). The summed E-state index contributed by atoms with van der Waals surface area (Å²) in [4.78, 5) is 0. The van der Waals surface area contributed by atoms with Crippen LogP contribution in [-0.2, 0) is 0 Å². The van der Waals surface area contributed by atoms with Gasteiger partial charge in [0, 0.05) is 0 Å². The van der Waals surface area contributed by atoms with Crippen molar-refractivity contribution in [3.8, 4) is 0 Å². The summed E-state index contributed by atoms with van der Waals surface area (Å²) in [7, 11) is 0. The van der Waals surface area contributed by atoms with Crippen LogP contribution in [0.3, 0.4) is 0 Å². The summed E-state index contributed by atoms with van der Waals surface area (Å²) in [5, 5.41) is 0. The van der Waals surface area contributed by atoms with E-state index in [0.717, 1.165) is 18.8 Å². The first-order chi connectivity index (χ1) is 6.35. The summed E-state index contributed by atoms with van der Waals surface area (Å²) >= 11 is 0. The second kappa shape index (κ2) is 9.83. The molecule has 0 aromatic carbocycles. The molecule has 0 aliphatic carbocycles. The molecule has 0 bridgehead atoms. The molecule has 0 fully saturated rings. The highest BCUT2D eigenvalue weighted by molar-refractivity contribution is 4.87. The van der Waals surface area contributed by atoms with E-state index in [1.165, 1.54) is 32.1 Å². The van der Waals surface area contributed by atoms with Gasteiger partial charge in [-0.3, -0.25) is 0 Å². The monoisotopic (exact) mass is 180 g/mol. The van der Waals surface area contributed by atoms with Gasteiger partial charge in [-0.25, -0.2) is 0 Å². The highest BCUT2D eigenvalue weighted by Gasteiger charge is 1.99. The molecule has 0 saturated heterocycles. The van der Waals surface area contributed by atoms with Gasteiger partial charge in [-0.05, 0) is 31.6 Å². The van der Waals surface area contributed by atoms with Gasteiger partial charge in [0.2, 0.25) is 0 Å². The van der Waals surface area contributed by atoms with Crippen LogP contribution in [0.1, 0.15) is 51.9 Å². The van der Waals surface area contributed by atoms with E-state index in [4.69, 9.17) is 0 Å². The summed E-state index contributed by atoms with van der Waals surface area (Å²) in [5.41, 5.74) is 0. The first kappa shape index (κ1) is 12.7. The summed E-state index contributed by atoms with van der Waals surface area (Å²) in [6, 6.07) is 0. The fourth-order valence-electron chi connectivity index (χ4n) is 1.39. The average Bonchev–Trinajstić information content (AvgIpc) is 2.17. The molecule has 0 heterocycles. The number of hydrogen-bond donors (Lipinski definition) is 0. The van der Waals surface area contributed by atoms with Crippen LogP contribution in [0, 0.1) is 19.8 Å². The third-order valence-corrected chi connectivity index (χ3v) is 2.38. The van der Waals surface area contributed by atoms with Crippen molar-refractivity contribution >= 4 is 0 Å². The molecule has 0 aliphatic heterocycles. The van der Waals surface area contributed by atoms with Crippen LogP contribution in [-0.4, -0.2) is 0 Å². The van der Waals surface area contributed by atoms with Crippen molar-refractivity contribution in [1.29, 1.82) is 0 Å². The van der Waals surface area contributed by atoms with Crippen molar-refractivity contribution < 1.29 is 0 Å². The van der Waals surface area contributed by atoms with Crippen LogP contribution < -0.4 is 0 Å². The molecule has 0 aromatic heterocycles. The first-order valence-electron chi connectivity index (χ1n) is 5.60. The lowest BCUT2D eigenvalue weighted by Crippen LogP contribution is -1.93. The lowest BCUT2D eigenvalue weighted by molar-refractivity contribution is 0.546. The van der Waals surface area contributed by atoms with Crippen LogP contribution in [0.2, 0.25) is 0 Å². The minimum atomic E-state index is 0.784. The van der Waals surface area contributed by atoms with Crippen molar-refractivity contribution in [3.63, 3.8) is 0 Å². The molecule has 0 aromatic rings. The predicted octanol–water partition coefficient (Wildman–Crippen LogP) is 4.58. The standard InChI is InChI=1S/C13H24/c1-4-7-9-10-12-13(6-3)11-8-5-2/h10,12-13H,1-2,4-9,11H2,3H3. The molecular formula is C13H24. The van der Waals surface area contributed by atoms with Crippen LogP contribution in [0.5, 0.6) is 0 Å². The second-order valence-electron chi connectivity index (χ2n) is 3.59. The van der Waals surface area contributed by atoms with Gasteiger partial charge >= 0.3 is 0 Å². The summed E-state index contributed by atoms with van der Waals surface area (Å²) in [6.45, 7) is 9.96. The van der Waals surface area contributed by atoms with Crippen molar-refractivity contribution in [2.24, 2.45) is 5.92 Å². The van der Waals surface area contributed by atoms with E-state index in [2.05, 4.69) is 32.9 Å². The van der Waals surface area contributed by atoms with Gasteiger partial charge in [-0.1, -0.05) is 52.2 Å². The van der Waals surface area contributed by atoms with Crippen LogP contribution in [0.15, 0.2) is 12.2 Å². The minimum absolute atomic E-state index is 0.784. The highest BCUT2D eigenvalue weighted by Crippen LogP contribution is 2.14. The molecule has 0 aliphatic rings. The van der Waals surface area contributed by atoms with E-state index in [1.54, 1.807) is 0 Å². The quantitative estimate of drug-likeness (QED) is 0.379. The molecule has 76 valence electrons. The Bertz CT molecular complexity index is 113. The average molecular weight is 180 g/mol. The molecule has 2 radical (unpaired) electrons. The lowest BCUT2D eigenvalue weighted by atomic mass is 9.98. The van der Waals surface area contributed by atoms with Gasteiger partial charge in [0.25, 0.3) is 0 Å². The highest BCUT2D eigenvalue weighted by atomic mass is 14.0. The lowest BCUT2D eigenvalue weighted by Gasteiger charge is -2.08. The van der Waals surface area contributed by atoms with Gasteiger partial charge in [0.1, 0.15) is 0 Å². The number of unbranched alkanes of at least 4 members (excludes halogenated alkanes) is 3. The first-order valence-corrected chi connectivity index (χ1v) is 5.60. The molecule has 1 atom stereocenters. The summed E-state index contributed by atoms with van der Waals surface area (Å²) in [6.07, 6.45) is 13.1. The Hall–Kier alpha value is -0.260. The van der Waals surface area contributed by atoms with Crippen LogP contribution >= 0.6 is 0 Å². The van der Waals surface area contributed by atoms with Gasteiger partial charge in [-0.15, -0.1) is 0 Å². The van der Waals surface area contributed by atoms with Crippen molar-refractivity contribution in [1.82, 2.24) is 0 Å². The van der Waals surface area contributed by atoms with Crippen molar-refractivity contribution in [3.05, 3.63) is 26.0 Å². The molecule has 0 heteroatoms. The molecule has 0 N–H and O–H groups in total. The Labute approximate surface area is 84.4 Å². The number of allylic oxidation sites excluding steroid dienone is 2. The molecule has 0 saturated carbocycles. The van der Waals surface area contributed by atoms with Crippen molar-refractivity contribution in [2.45, 2.75) is 51.9 Å². The Kier molecular flexibility index (Phi) is 9.63. The third-order valence-electron chi connectivity index (χ3n) is 2.38. The van der Waals surface area contributed by atoms with Gasteiger partial charge in [0.05, 0.1) is 0 Å². The molecular weight excluding hydrogens is 156 g/mol. The summed E-state index contributed by atoms with van der Waals surface area (Å²) in [5.74, 6) is 0.784. The fourth-order valence-corrected chi connectivity index (χ4v) is 1.39. The van der Waals surface area contributed by atoms with E-state index < -0.39 is 0 Å². The van der Waals surface area contributed by atoms with E-state index in [9.17, 15) is 0 Å². The maximum absolute atomic E-state index is 3.87. The summed E-state index contributed by atoms with van der Waals surface area (Å²) < 4.78 is 0. The third kappa shape index (κ3) is 8.08. The van der Waals surface area contributed by atoms with Crippen molar-refractivity contribution in [2.75, 3.05) is 0 Å². The zero-order valence-electron chi connectivity index (χ0n) is 9.10. The second-order valence-corrected chi connectivity index (χ2v) is 3.59. The predicted molar refractivity (Wildman–Crippen MR) is 61.3 cm³/mol. The van der Waals surface area contributed by atoms with E-state index in [0.29, 0.717) is 0 Å². The van der Waals surface area contributed by atoms with Crippen LogP contribution in [0.4, 0.5) is 0 Å². The maximum atomic E-state index is 3.87. The zero-order chi connectivity index (χ0) is 9.94. The minimum Gasteiger partial charge on any atom is -0.0883 e. The van der Waals surface area contributed by atoms with Gasteiger partial charge in [0.15, 0.2) is 0 Å². The molecule has 0 nitrogen and oxygen atoms in total. The molecule has 0 amide bonds. The topological polar surface area (TPSA) is 0 Å². The maximum Gasteiger partial charge on any atom is -0.0236 e. The zero-order valence-corrected chi connectivity index (χ0v) is 9.10. The van der Waals surface area contributed by atoms with Gasteiger partial charge < -0.3 is 0 Å². The largest absolute Gasteiger partial charge is 0.0883 e. The Morgan fingerprint density at radius 3 is 2.38 bits per heavy atom. The molecule has 1 unspecified atom stereocenters. The smallest absolute Gasteiger partial charge is 0.0236 e. The Morgan fingerprint density at radius 1 is 1.15 bits per heavy atom.